The highest BCUT2D eigenvalue weighted by Crippen LogP contribution is 2.58. The number of benzene rings is 3. The van der Waals surface area contributed by atoms with E-state index in [2.05, 4.69) is 39.8 Å². The second-order valence-electron chi connectivity index (χ2n) is 10.1. The highest BCUT2D eigenvalue weighted by atomic mass is 32.2. The van der Waals surface area contributed by atoms with Crippen molar-refractivity contribution < 1.29 is 14.3 Å². The first-order valence-electron chi connectivity index (χ1n) is 12.6. The Labute approximate surface area is 243 Å². The van der Waals surface area contributed by atoms with Gasteiger partial charge in [-0.3, -0.25) is 9.69 Å². The maximum Gasteiger partial charge on any atom is 0.345 e. The van der Waals surface area contributed by atoms with Gasteiger partial charge in [-0.2, -0.15) is 0 Å². The zero-order valence-electron chi connectivity index (χ0n) is 22.5. The predicted octanol–water partition coefficient (Wildman–Crippen LogP) is 7.64. The minimum atomic E-state index is -0.657. The number of hydrogen-bond acceptors (Lipinski definition) is 6. The number of nitrogens with zero attached hydrogens (tertiary/aromatic N) is 1. The molecule has 0 radical (unpaired) electrons. The van der Waals surface area contributed by atoms with Gasteiger partial charge in [0.25, 0.3) is 0 Å². The third-order valence-corrected chi connectivity index (χ3v) is 10.2. The highest BCUT2D eigenvalue weighted by Gasteiger charge is 2.45. The zero-order chi connectivity index (χ0) is 27.9. The lowest BCUT2D eigenvalue weighted by Crippen LogP contribution is -2.52. The van der Waals surface area contributed by atoms with E-state index in [0.29, 0.717) is 9.89 Å². The molecule has 7 heteroatoms. The van der Waals surface area contributed by atoms with Crippen molar-refractivity contribution in [2.75, 3.05) is 7.11 Å². The number of carbonyl (C=O) groups is 2. The molecule has 0 atom stereocenters. The van der Waals surface area contributed by atoms with E-state index in [1.165, 1.54) is 30.6 Å². The highest BCUT2D eigenvalue weighted by molar-refractivity contribution is 8.32. The number of esters is 1. The molecular weight excluding hydrogens is 543 g/mol. The molecule has 2 aliphatic rings. The van der Waals surface area contributed by atoms with Crippen molar-refractivity contribution in [1.29, 1.82) is 0 Å². The average Bonchev–Trinajstić information content (AvgIpc) is 3.35. The Morgan fingerprint density at radius 3 is 2.18 bits per heavy atom. The van der Waals surface area contributed by atoms with Crippen LogP contribution in [0.1, 0.15) is 47.2 Å². The van der Waals surface area contributed by atoms with Crippen molar-refractivity contribution >= 4 is 63.1 Å². The maximum absolute atomic E-state index is 13.9. The fourth-order valence-electron chi connectivity index (χ4n) is 5.01. The van der Waals surface area contributed by atoms with Crippen LogP contribution in [-0.2, 0) is 26.3 Å². The predicted molar refractivity (Wildman–Crippen MR) is 166 cm³/mol. The van der Waals surface area contributed by atoms with Crippen LogP contribution in [0, 0.1) is 13.8 Å². The minimum Gasteiger partial charge on any atom is -0.465 e. The van der Waals surface area contributed by atoms with Gasteiger partial charge in [0.15, 0.2) is 0 Å². The number of thioether (sulfide) groups is 2. The fourth-order valence-corrected chi connectivity index (χ4v) is 8.39. The molecule has 0 aromatic heterocycles. The van der Waals surface area contributed by atoms with Crippen molar-refractivity contribution in [3.63, 3.8) is 0 Å². The molecule has 0 N–H and O–H groups in total. The lowest BCUT2D eigenvalue weighted by atomic mass is 9.79. The Hall–Kier alpha value is -3.13. The van der Waals surface area contributed by atoms with Crippen molar-refractivity contribution in [2.45, 2.75) is 39.7 Å². The summed E-state index contributed by atoms with van der Waals surface area (Å²) in [6.07, 6.45) is 0.244. The van der Waals surface area contributed by atoms with Crippen LogP contribution in [0.3, 0.4) is 0 Å². The second-order valence-corrected chi connectivity index (χ2v) is 12.8. The lowest BCUT2D eigenvalue weighted by molar-refractivity contribution is -0.135. The van der Waals surface area contributed by atoms with Crippen LogP contribution in [-0.4, -0.2) is 28.9 Å². The molecule has 2 heterocycles. The van der Waals surface area contributed by atoms with Gasteiger partial charge in [0.1, 0.15) is 9.89 Å². The Morgan fingerprint density at radius 2 is 1.54 bits per heavy atom. The van der Waals surface area contributed by atoms with E-state index in [1.54, 1.807) is 4.90 Å². The molecule has 2 aliphatic heterocycles. The van der Waals surface area contributed by atoms with Gasteiger partial charge in [0.05, 0.1) is 23.3 Å². The number of aryl methyl sites for hydroxylation is 2. The number of fused-ring (bicyclic) bond motifs is 1. The molecule has 0 unspecified atom stereocenters. The Balaban J connectivity index is 1.68. The van der Waals surface area contributed by atoms with E-state index >= 15 is 0 Å². The summed E-state index contributed by atoms with van der Waals surface area (Å²) in [6.45, 7) is 8.29. The summed E-state index contributed by atoms with van der Waals surface area (Å²) in [4.78, 5) is 30.4. The van der Waals surface area contributed by atoms with Crippen molar-refractivity contribution in [2.24, 2.45) is 0 Å². The second kappa shape index (κ2) is 10.8. The topological polar surface area (TPSA) is 46.6 Å². The molecule has 0 saturated heterocycles. The molecule has 4 nitrogen and oxygen atoms in total. The van der Waals surface area contributed by atoms with Crippen molar-refractivity contribution in [3.05, 3.63) is 115 Å². The molecule has 0 saturated carbocycles. The van der Waals surface area contributed by atoms with Crippen LogP contribution in [0.15, 0.2) is 81.9 Å². The lowest BCUT2D eigenvalue weighted by Gasteiger charge is -2.45. The number of carbonyl (C=O) groups excluding carboxylic acids is 2. The van der Waals surface area contributed by atoms with E-state index < -0.39 is 5.54 Å². The Morgan fingerprint density at radius 1 is 0.923 bits per heavy atom. The normalized spacial score (nSPS) is 18.3. The monoisotopic (exact) mass is 571 g/mol. The quantitative estimate of drug-likeness (QED) is 0.182. The molecule has 0 spiro atoms. The summed E-state index contributed by atoms with van der Waals surface area (Å²) in [5, 5.41) is 0. The SMILES string of the molecule is COC(=O)C1=C(c2ccccc2)S/C(=C2\C(=S)N(C(=O)Cc3ccccc3)C(C)(C)c3cc(C)c(C)cc32)S1. The number of ether oxygens (including phenoxy) is 1. The molecule has 3 aromatic rings. The smallest absolute Gasteiger partial charge is 0.345 e. The van der Waals surface area contributed by atoms with Gasteiger partial charge in [-0.15, -0.1) is 0 Å². The Bertz CT molecular complexity index is 1560. The molecular formula is C32H29NO3S3. The largest absolute Gasteiger partial charge is 0.465 e. The fraction of sp³-hybridized carbons (Fsp3) is 0.219. The molecule has 0 aliphatic carbocycles. The zero-order valence-corrected chi connectivity index (χ0v) is 25.0. The van der Waals surface area contributed by atoms with Gasteiger partial charge in [-0.05, 0) is 61.1 Å². The van der Waals surface area contributed by atoms with Crippen LogP contribution in [0.5, 0.6) is 0 Å². The van der Waals surface area contributed by atoms with Gasteiger partial charge >= 0.3 is 5.97 Å². The summed E-state index contributed by atoms with van der Waals surface area (Å²) in [7, 11) is 1.40. The van der Waals surface area contributed by atoms with Gasteiger partial charge in [0.2, 0.25) is 5.91 Å². The molecule has 0 fully saturated rings. The summed E-state index contributed by atoms with van der Waals surface area (Å²) < 4.78 is 6.03. The van der Waals surface area contributed by atoms with E-state index in [0.717, 1.165) is 48.1 Å². The first-order valence-corrected chi connectivity index (χ1v) is 14.7. The summed E-state index contributed by atoms with van der Waals surface area (Å²) in [6, 6.07) is 23.9. The molecule has 1 amide bonds. The number of thiocarbonyl (C=S) groups is 1. The summed E-state index contributed by atoms with van der Waals surface area (Å²) >= 11 is 9.04. The summed E-state index contributed by atoms with van der Waals surface area (Å²) in [5.74, 6) is -0.447. The summed E-state index contributed by atoms with van der Waals surface area (Å²) in [5.41, 5.74) is 6.37. The number of amides is 1. The van der Waals surface area contributed by atoms with Crippen LogP contribution in [0.2, 0.25) is 0 Å². The van der Waals surface area contributed by atoms with Gasteiger partial charge in [0, 0.05) is 10.5 Å². The van der Waals surface area contributed by atoms with Crippen LogP contribution >= 0.6 is 35.7 Å². The van der Waals surface area contributed by atoms with E-state index in [-0.39, 0.29) is 18.3 Å². The third kappa shape index (κ3) is 4.99. The number of methoxy groups -OCH3 is 1. The van der Waals surface area contributed by atoms with Crippen LogP contribution in [0.25, 0.3) is 10.5 Å². The van der Waals surface area contributed by atoms with Crippen LogP contribution in [0.4, 0.5) is 0 Å². The number of rotatable bonds is 4. The minimum absolute atomic E-state index is 0.0596. The third-order valence-electron chi connectivity index (χ3n) is 7.19. The first-order chi connectivity index (χ1) is 18.6. The molecule has 198 valence electrons. The van der Waals surface area contributed by atoms with Gasteiger partial charge < -0.3 is 4.74 Å². The van der Waals surface area contributed by atoms with E-state index in [4.69, 9.17) is 17.0 Å². The van der Waals surface area contributed by atoms with E-state index in [9.17, 15) is 9.59 Å². The molecule has 0 bridgehead atoms. The molecule has 39 heavy (non-hydrogen) atoms. The molecule has 5 rings (SSSR count). The van der Waals surface area contributed by atoms with E-state index in [1.807, 2.05) is 60.7 Å². The average molecular weight is 572 g/mol. The molecule has 3 aromatic carbocycles. The van der Waals surface area contributed by atoms with Crippen molar-refractivity contribution in [3.8, 4) is 0 Å². The van der Waals surface area contributed by atoms with Gasteiger partial charge in [-0.25, -0.2) is 4.79 Å². The number of hydrogen-bond donors (Lipinski definition) is 0. The van der Waals surface area contributed by atoms with Crippen molar-refractivity contribution in [1.82, 2.24) is 4.90 Å². The first kappa shape index (κ1) is 27.4. The van der Waals surface area contributed by atoms with Crippen LogP contribution < -0.4 is 0 Å². The Kier molecular flexibility index (Phi) is 7.60. The maximum atomic E-state index is 13.9. The standard InChI is InChI=1S/C32H29NO3S3/c1-19-16-23-24(17-20(19)2)32(3,4)33(25(34)18-21-12-8-6-9-13-21)29(37)26(23)31-38-27(22-14-10-7-11-15-22)28(39-31)30(35)36-5/h6-17H,18H2,1-5H3/b31-26+. The van der Waals surface area contributed by atoms with Gasteiger partial charge in [-0.1, -0.05) is 109 Å².